The third-order valence-corrected chi connectivity index (χ3v) is 2.47. The van der Waals surface area contributed by atoms with Crippen molar-refractivity contribution in [1.82, 2.24) is 5.32 Å². The highest BCUT2D eigenvalue weighted by Crippen LogP contribution is 2.13. The number of aliphatic hydroxyl groups excluding tert-OH is 1. The van der Waals surface area contributed by atoms with E-state index in [4.69, 9.17) is 10.2 Å². The monoisotopic (exact) mass is 203 g/mol. The molecule has 0 radical (unpaired) electrons. The second kappa shape index (κ2) is 5.32. The van der Waals surface area contributed by atoms with Crippen molar-refractivity contribution in [2.75, 3.05) is 13.2 Å². The van der Waals surface area contributed by atoms with Gasteiger partial charge in [0.2, 0.25) is 0 Å². The third kappa shape index (κ3) is 4.58. The van der Waals surface area contributed by atoms with Crippen LogP contribution >= 0.6 is 0 Å². The molecule has 0 aliphatic rings. The fourth-order valence-electron chi connectivity index (χ4n) is 0.884. The Morgan fingerprint density at radius 1 is 1.43 bits per heavy atom. The van der Waals surface area contributed by atoms with Gasteiger partial charge >= 0.3 is 5.97 Å². The minimum atomic E-state index is -0.799. The molecule has 0 aromatic rings. The van der Waals surface area contributed by atoms with Gasteiger partial charge in [-0.15, -0.1) is 0 Å². The summed E-state index contributed by atoms with van der Waals surface area (Å²) in [6, 6.07) is -0.0849. The molecule has 0 aliphatic heterocycles. The first-order valence-corrected chi connectivity index (χ1v) is 4.87. The molecule has 2 unspecified atom stereocenters. The molecule has 0 fully saturated rings. The summed E-state index contributed by atoms with van der Waals surface area (Å²) in [6.45, 7) is 8.07. The van der Waals surface area contributed by atoms with Crippen LogP contribution in [-0.2, 0) is 4.79 Å². The lowest BCUT2D eigenvalue weighted by Crippen LogP contribution is -2.42. The van der Waals surface area contributed by atoms with Crippen molar-refractivity contribution in [3.05, 3.63) is 0 Å². The quantitative estimate of drug-likeness (QED) is 0.594. The predicted molar refractivity (Wildman–Crippen MR) is 55.1 cm³/mol. The van der Waals surface area contributed by atoms with E-state index < -0.39 is 11.9 Å². The fourth-order valence-corrected chi connectivity index (χ4v) is 0.884. The molecule has 0 saturated carbocycles. The minimum Gasteiger partial charge on any atom is -0.481 e. The molecule has 0 rings (SSSR count). The lowest BCUT2D eigenvalue weighted by atomic mass is 9.93. The second-order valence-electron chi connectivity index (χ2n) is 4.62. The Hall–Kier alpha value is -0.610. The molecule has 14 heavy (non-hydrogen) atoms. The third-order valence-electron chi connectivity index (χ3n) is 2.47. The van der Waals surface area contributed by atoms with Gasteiger partial charge in [0.25, 0.3) is 0 Å². The molecule has 84 valence electrons. The molecule has 0 aromatic heterocycles. The van der Waals surface area contributed by atoms with Crippen LogP contribution in [-0.4, -0.2) is 35.4 Å². The van der Waals surface area contributed by atoms with E-state index in [1.807, 2.05) is 20.8 Å². The molecule has 0 aromatic carbocycles. The molecule has 2 atom stereocenters. The van der Waals surface area contributed by atoms with Gasteiger partial charge in [0.15, 0.2) is 0 Å². The summed E-state index contributed by atoms with van der Waals surface area (Å²) in [5.41, 5.74) is -0.202. The Bertz CT molecular complexity index is 192. The van der Waals surface area contributed by atoms with Gasteiger partial charge in [-0.2, -0.15) is 0 Å². The van der Waals surface area contributed by atoms with E-state index in [0.29, 0.717) is 6.54 Å². The van der Waals surface area contributed by atoms with Crippen molar-refractivity contribution in [3.8, 4) is 0 Å². The normalized spacial score (nSPS) is 16.4. The zero-order chi connectivity index (χ0) is 11.4. The number of carboxylic acids is 1. The van der Waals surface area contributed by atoms with E-state index in [0.717, 1.165) is 0 Å². The average Bonchev–Trinajstić information content (AvgIpc) is 2.13. The van der Waals surface area contributed by atoms with E-state index in [1.54, 1.807) is 6.92 Å². The maximum atomic E-state index is 10.6. The number of hydrogen-bond donors (Lipinski definition) is 3. The Balaban J connectivity index is 3.96. The van der Waals surface area contributed by atoms with Crippen LogP contribution in [0.25, 0.3) is 0 Å². The van der Waals surface area contributed by atoms with Crippen molar-refractivity contribution in [3.63, 3.8) is 0 Å². The maximum Gasteiger partial charge on any atom is 0.307 e. The van der Waals surface area contributed by atoms with E-state index in [-0.39, 0.29) is 18.1 Å². The van der Waals surface area contributed by atoms with Gasteiger partial charge < -0.3 is 15.5 Å². The second-order valence-corrected chi connectivity index (χ2v) is 4.62. The van der Waals surface area contributed by atoms with Crippen molar-refractivity contribution in [2.45, 2.75) is 33.7 Å². The van der Waals surface area contributed by atoms with E-state index >= 15 is 0 Å². The van der Waals surface area contributed by atoms with Gasteiger partial charge in [0.1, 0.15) is 0 Å². The Morgan fingerprint density at radius 2 is 1.93 bits per heavy atom. The summed E-state index contributed by atoms with van der Waals surface area (Å²) < 4.78 is 0. The van der Waals surface area contributed by atoms with Crippen molar-refractivity contribution in [1.29, 1.82) is 0 Å². The highest BCUT2D eigenvalue weighted by molar-refractivity contribution is 5.70. The van der Waals surface area contributed by atoms with Crippen LogP contribution < -0.4 is 5.32 Å². The van der Waals surface area contributed by atoms with Crippen LogP contribution in [0.1, 0.15) is 27.7 Å². The molecule has 0 saturated heterocycles. The molecule has 0 spiro atoms. The Kier molecular flexibility index (Phi) is 5.08. The van der Waals surface area contributed by atoms with Crippen LogP contribution in [0.5, 0.6) is 0 Å². The lowest BCUT2D eigenvalue weighted by molar-refractivity contribution is -0.142. The number of hydrogen-bond acceptors (Lipinski definition) is 3. The molecule has 3 N–H and O–H groups in total. The van der Waals surface area contributed by atoms with Crippen LogP contribution in [0.2, 0.25) is 0 Å². The molecule has 4 heteroatoms. The van der Waals surface area contributed by atoms with Gasteiger partial charge in [0.05, 0.1) is 5.92 Å². The van der Waals surface area contributed by atoms with Crippen LogP contribution in [0.4, 0.5) is 0 Å². The van der Waals surface area contributed by atoms with Gasteiger partial charge in [-0.05, 0) is 6.92 Å². The van der Waals surface area contributed by atoms with Crippen LogP contribution in [0.3, 0.4) is 0 Å². The Labute approximate surface area is 85.3 Å². The average molecular weight is 203 g/mol. The van der Waals surface area contributed by atoms with E-state index in [2.05, 4.69) is 5.32 Å². The standard InChI is InChI=1S/C10H21NO3/c1-7(9(13)14)8(2)11-5-10(3,4)6-12/h7-8,11-12H,5-6H2,1-4H3,(H,13,14). The van der Waals surface area contributed by atoms with Crippen molar-refractivity contribution < 1.29 is 15.0 Å². The number of aliphatic carboxylic acids is 1. The van der Waals surface area contributed by atoms with Gasteiger partial charge in [-0.25, -0.2) is 0 Å². The van der Waals surface area contributed by atoms with Crippen molar-refractivity contribution in [2.24, 2.45) is 11.3 Å². The van der Waals surface area contributed by atoms with Crippen molar-refractivity contribution >= 4 is 5.97 Å². The molecule has 4 nitrogen and oxygen atoms in total. The predicted octanol–water partition coefficient (Wildman–Crippen LogP) is 0.704. The Morgan fingerprint density at radius 3 is 2.29 bits per heavy atom. The van der Waals surface area contributed by atoms with Crippen LogP contribution in [0, 0.1) is 11.3 Å². The molecule has 0 heterocycles. The van der Waals surface area contributed by atoms with Gasteiger partial charge in [0, 0.05) is 24.6 Å². The topological polar surface area (TPSA) is 69.6 Å². The minimum absolute atomic E-state index is 0.0849. The van der Waals surface area contributed by atoms with Gasteiger partial charge in [-0.3, -0.25) is 4.79 Å². The maximum absolute atomic E-state index is 10.6. The summed E-state index contributed by atoms with van der Waals surface area (Å²) in [7, 11) is 0. The number of rotatable bonds is 6. The van der Waals surface area contributed by atoms with Crippen LogP contribution in [0.15, 0.2) is 0 Å². The zero-order valence-corrected chi connectivity index (χ0v) is 9.37. The fraction of sp³-hybridized carbons (Fsp3) is 0.900. The smallest absolute Gasteiger partial charge is 0.307 e. The zero-order valence-electron chi connectivity index (χ0n) is 9.37. The first kappa shape index (κ1) is 13.4. The highest BCUT2D eigenvalue weighted by Gasteiger charge is 2.22. The molecule has 0 amide bonds. The first-order chi connectivity index (χ1) is 6.30. The van der Waals surface area contributed by atoms with E-state index in [9.17, 15) is 4.79 Å². The SMILES string of the molecule is CC(NCC(C)(C)CO)C(C)C(=O)O. The number of nitrogens with one attached hydrogen (secondary N) is 1. The highest BCUT2D eigenvalue weighted by atomic mass is 16.4. The molecular formula is C10H21NO3. The number of carboxylic acid groups (broad SMARTS) is 1. The summed E-state index contributed by atoms with van der Waals surface area (Å²) in [6.07, 6.45) is 0. The summed E-state index contributed by atoms with van der Waals surface area (Å²) >= 11 is 0. The number of aliphatic hydroxyl groups is 1. The van der Waals surface area contributed by atoms with Gasteiger partial charge in [-0.1, -0.05) is 20.8 Å². The summed E-state index contributed by atoms with van der Waals surface area (Å²) in [5.74, 6) is -1.21. The van der Waals surface area contributed by atoms with E-state index in [1.165, 1.54) is 0 Å². The first-order valence-electron chi connectivity index (χ1n) is 4.87. The number of carbonyl (C=O) groups is 1. The summed E-state index contributed by atoms with van der Waals surface area (Å²) in [4.78, 5) is 10.6. The molecular weight excluding hydrogens is 182 g/mol. The molecule has 0 aliphatic carbocycles. The lowest BCUT2D eigenvalue weighted by Gasteiger charge is -2.26. The molecule has 0 bridgehead atoms. The summed E-state index contributed by atoms with van der Waals surface area (Å²) in [5, 5.41) is 20.9. The largest absolute Gasteiger partial charge is 0.481 e.